The molecule has 0 saturated heterocycles. The van der Waals surface area contributed by atoms with Gasteiger partial charge in [-0.15, -0.1) is 0 Å². The monoisotopic (exact) mass is 274 g/mol. The molecule has 0 aliphatic carbocycles. The quantitative estimate of drug-likeness (QED) is 0.711. The lowest BCUT2D eigenvalue weighted by Gasteiger charge is -2.03. The molecule has 0 aliphatic heterocycles. The van der Waals surface area contributed by atoms with E-state index in [2.05, 4.69) is 20.3 Å². The molecule has 7 nitrogen and oxygen atoms in total. The van der Waals surface area contributed by atoms with E-state index < -0.39 is 11.9 Å². The summed E-state index contributed by atoms with van der Waals surface area (Å²) in [5, 5.41) is 8.80. The molecule has 0 spiro atoms. The Bertz CT molecular complexity index is 622. The number of aromatic amines is 1. The zero-order chi connectivity index (χ0) is 14.5. The number of ether oxygens (including phenoxy) is 1. The van der Waals surface area contributed by atoms with Gasteiger partial charge >= 0.3 is 5.97 Å². The number of carbonyl (C=O) groups excluding carboxylic acids is 2. The van der Waals surface area contributed by atoms with Gasteiger partial charge in [0, 0.05) is 6.54 Å². The van der Waals surface area contributed by atoms with Gasteiger partial charge in [-0.1, -0.05) is 30.3 Å². The van der Waals surface area contributed by atoms with Gasteiger partial charge in [0.25, 0.3) is 5.91 Å². The molecule has 0 bridgehead atoms. The minimum atomic E-state index is -0.669. The first kappa shape index (κ1) is 13.6. The highest BCUT2D eigenvalue weighted by molar-refractivity contribution is 6.03. The van der Waals surface area contributed by atoms with Gasteiger partial charge in [-0.3, -0.25) is 9.89 Å². The van der Waals surface area contributed by atoms with Crippen LogP contribution in [-0.4, -0.2) is 29.2 Å². The van der Waals surface area contributed by atoms with Crippen LogP contribution in [0.3, 0.4) is 0 Å². The third-order valence-electron chi connectivity index (χ3n) is 2.70. The summed E-state index contributed by atoms with van der Waals surface area (Å²) in [6, 6.07) is 9.40. The average Bonchev–Trinajstić information content (AvgIpc) is 2.87. The fourth-order valence-corrected chi connectivity index (χ4v) is 1.64. The molecule has 0 saturated carbocycles. The standard InChI is InChI=1S/C13H14N4O3/c1-20-13(19)11-9(14)10(16-17-11)12(18)15-7-8-5-3-2-4-6-8/h2-6H,7,14H2,1H3,(H,15,18)(H,16,17). The van der Waals surface area contributed by atoms with E-state index in [0.717, 1.165) is 5.56 Å². The first-order valence-corrected chi connectivity index (χ1v) is 5.87. The number of benzene rings is 1. The van der Waals surface area contributed by atoms with Gasteiger partial charge in [0.05, 0.1) is 12.8 Å². The predicted molar refractivity (Wildman–Crippen MR) is 72.0 cm³/mol. The highest BCUT2D eigenvalue weighted by atomic mass is 16.5. The maximum atomic E-state index is 11.9. The van der Waals surface area contributed by atoms with Crippen LogP contribution in [0.4, 0.5) is 5.69 Å². The predicted octanol–water partition coefficient (Wildman–Crippen LogP) is 0.708. The van der Waals surface area contributed by atoms with Crippen molar-refractivity contribution in [2.24, 2.45) is 0 Å². The summed E-state index contributed by atoms with van der Waals surface area (Å²) in [5.74, 6) is -1.13. The molecule has 2 aromatic rings. The SMILES string of the molecule is COC(=O)c1[nH]nc(C(=O)NCc2ccccc2)c1N. The van der Waals surface area contributed by atoms with Crippen molar-refractivity contribution >= 4 is 17.6 Å². The van der Waals surface area contributed by atoms with Crippen molar-refractivity contribution in [1.82, 2.24) is 15.5 Å². The second kappa shape index (κ2) is 5.87. The third-order valence-corrected chi connectivity index (χ3v) is 2.70. The third kappa shape index (κ3) is 2.77. The highest BCUT2D eigenvalue weighted by Crippen LogP contribution is 2.14. The Hall–Kier alpha value is -2.83. The van der Waals surface area contributed by atoms with Crippen LogP contribution in [0.2, 0.25) is 0 Å². The van der Waals surface area contributed by atoms with Crippen LogP contribution >= 0.6 is 0 Å². The second-order valence-electron chi connectivity index (χ2n) is 4.02. The van der Waals surface area contributed by atoms with Crippen molar-refractivity contribution < 1.29 is 14.3 Å². The zero-order valence-corrected chi connectivity index (χ0v) is 10.8. The second-order valence-corrected chi connectivity index (χ2v) is 4.02. The maximum Gasteiger partial charge on any atom is 0.358 e. The number of carbonyl (C=O) groups is 2. The van der Waals surface area contributed by atoms with Crippen LogP contribution in [-0.2, 0) is 11.3 Å². The molecule has 20 heavy (non-hydrogen) atoms. The summed E-state index contributed by atoms with van der Waals surface area (Å²) in [4.78, 5) is 23.3. The average molecular weight is 274 g/mol. The van der Waals surface area contributed by atoms with Crippen LogP contribution in [0, 0.1) is 0 Å². The number of nitrogens with one attached hydrogen (secondary N) is 2. The molecule has 0 atom stereocenters. The Morgan fingerprint density at radius 3 is 2.70 bits per heavy atom. The van der Waals surface area contributed by atoms with Crippen LogP contribution in [0.1, 0.15) is 26.5 Å². The molecule has 1 amide bonds. The van der Waals surface area contributed by atoms with Gasteiger partial charge in [0.2, 0.25) is 0 Å². The molecule has 0 fully saturated rings. The van der Waals surface area contributed by atoms with E-state index in [4.69, 9.17) is 5.73 Å². The molecule has 0 aliphatic rings. The van der Waals surface area contributed by atoms with Gasteiger partial charge in [-0.2, -0.15) is 5.10 Å². The largest absolute Gasteiger partial charge is 0.464 e. The van der Waals surface area contributed by atoms with E-state index in [1.165, 1.54) is 7.11 Å². The topological polar surface area (TPSA) is 110 Å². The van der Waals surface area contributed by atoms with Crippen molar-refractivity contribution in [2.45, 2.75) is 6.54 Å². The number of nitrogen functional groups attached to an aromatic ring is 1. The summed E-state index contributed by atoms with van der Waals surface area (Å²) in [7, 11) is 1.22. The Morgan fingerprint density at radius 1 is 1.35 bits per heavy atom. The van der Waals surface area contributed by atoms with Gasteiger partial charge in [-0.25, -0.2) is 4.79 Å². The summed E-state index contributed by atoms with van der Waals surface area (Å²) < 4.78 is 4.52. The lowest BCUT2D eigenvalue weighted by molar-refractivity contribution is 0.0595. The molecule has 0 radical (unpaired) electrons. The number of rotatable bonds is 4. The molecule has 104 valence electrons. The van der Waals surface area contributed by atoms with Gasteiger partial charge in [0.1, 0.15) is 0 Å². The molecule has 1 aromatic carbocycles. The molecule has 2 rings (SSSR count). The number of hydrogen-bond donors (Lipinski definition) is 3. The number of esters is 1. The van der Waals surface area contributed by atoms with E-state index in [1.807, 2.05) is 30.3 Å². The molecule has 1 aromatic heterocycles. The lowest BCUT2D eigenvalue weighted by atomic mass is 10.2. The number of H-pyrrole nitrogens is 1. The number of nitrogens with zero attached hydrogens (tertiary/aromatic N) is 1. The van der Waals surface area contributed by atoms with Gasteiger partial charge in [-0.05, 0) is 5.56 Å². The van der Waals surface area contributed by atoms with Crippen molar-refractivity contribution in [3.05, 3.63) is 47.3 Å². The molecule has 4 N–H and O–H groups in total. The van der Waals surface area contributed by atoms with Crippen molar-refractivity contribution in [3.8, 4) is 0 Å². The number of amides is 1. The van der Waals surface area contributed by atoms with Crippen molar-refractivity contribution in [3.63, 3.8) is 0 Å². The smallest absolute Gasteiger partial charge is 0.358 e. The van der Waals surface area contributed by atoms with Gasteiger partial charge < -0.3 is 15.8 Å². The Morgan fingerprint density at radius 2 is 2.05 bits per heavy atom. The number of methoxy groups -OCH3 is 1. The van der Waals surface area contributed by atoms with Crippen LogP contribution in [0.5, 0.6) is 0 Å². The number of nitrogens with two attached hydrogens (primary N) is 1. The summed E-state index contributed by atoms with van der Waals surface area (Å²) >= 11 is 0. The number of anilines is 1. The summed E-state index contributed by atoms with van der Waals surface area (Å²) in [5.41, 5.74) is 6.56. The lowest BCUT2D eigenvalue weighted by Crippen LogP contribution is -2.24. The van der Waals surface area contributed by atoms with E-state index in [0.29, 0.717) is 6.54 Å². The maximum absolute atomic E-state index is 11.9. The first-order chi connectivity index (χ1) is 9.63. The number of hydrogen-bond acceptors (Lipinski definition) is 5. The minimum Gasteiger partial charge on any atom is -0.464 e. The molecule has 1 heterocycles. The molecular weight excluding hydrogens is 260 g/mol. The van der Waals surface area contributed by atoms with Crippen molar-refractivity contribution in [2.75, 3.05) is 12.8 Å². The fraction of sp³-hybridized carbons (Fsp3) is 0.154. The van der Waals surface area contributed by atoms with Crippen LogP contribution < -0.4 is 11.1 Å². The minimum absolute atomic E-state index is 0.0255. The fourth-order valence-electron chi connectivity index (χ4n) is 1.64. The first-order valence-electron chi connectivity index (χ1n) is 5.87. The highest BCUT2D eigenvalue weighted by Gasteiger charge is 2.21. The Balaban J connectivity index is 2.07. The van der Waals surface area contributed by atoms with E-state index in [-0.39, 0.29) is 17.1 Å². The van der Waals surface area contributed by atoms with E-state index in [1.54, 1.807) is 0 Å². The summed E-state index contributed by atoms with van der Waals surface area (Å²) in [6.07, 6.45) is 0. The van der Waals surface area contributed by atoms with E-state index >= 15 is 0 Å². The molecule has 7 heteroatoms. The van der Waals surface area contributed by atoms with Crippen molar-refractivity contribution in [1.29, 1.82) is 0 Å². The molecule has 0 unspecified atom stereocenters. The van der Waals surface area contributed by atoms with Crippen LogP contribution in [0.15, 0.2) is 30.3 Å². The Labute approximate surface area is 115 Å². The van der Waals surface area contributed by atoms with Gasteiger partial charge in [0.15, 0.2) is 11.4 Å². The van der Waals surface area contributed by atoms with Crippen LogP contribution in [0.25, 0.3) is 0 Å². The Kier molecular flexibility index (Phi) is 3.99. The number of aromatic nitrogens is 2. The van der Waals surface area contributed by atoms with E-state index in [9.17, 15) is 9.59 Å². The molecular formula is C13H14N4O3. The summed E-state index contributed by atoms with van der Waals surface area (Å²) in [6.45, 7) is 0.347. The normalized spacial score (nSPS) is 10.1. The zero-order valence-electron chi connectivity index (χ0n) is 10.8.